The Morgan fingerprint density at radius 3 is 2.93 bits per heavy atom. The van der Waals surface area contributed by atoms with Crippen LogP contribution >= 0.6 is 11.3 Å². The average molecular weight is 215 g/mol. The van der Waals surface area contributed by atoms with Crippen LogP contribution in [0.4, 0.5) is 0 Å². The maximum atomic E-state index is 8.63. The maximum absolute atomic E-state index is 8.63. The smallest absolute Gasteiger partial charge is 0.104 e. The molecule has 3 N–H and O–H groups in total. The van der Waals surface area contributed by atoms with Gasteiger partial charge in [-0.25, -0.2) is 0 Å². The van der Waals surface area contributed by atoms with Crippen LogP contribution in [-0.4, -0.2) is 24.9 Å². The first-order chi connectivity index (χ1) is 6.79. The van der Waals surface area contributed by atoms with Gasteiger partial charge in [0.2, 0.25) is 0 Å². The topological polar surface area (TPSA) is 55.5 Å². The van der Waals surface area contributed by atoms with Crippen molar-refractivity contribution >= 4 is 11.3 Å². The fourth-order valence-electron chi connectivity index (χ4n) is 1.26. The SMILES string of the molecule is Cc1ccsc1C(CN)OCCCO. The van der Waals surface area contributed by atoms with Gasteiger partial charge in [-0.05, 0) is 30.4 Å². The summed E-state index contributed by atoms with van der Waals surface area (Å²) in [5.74, 6) is 0. The summed E-state index contributed by atoms with van der Waals surface area (Å²) >= 11 is 1.67. The molecule has 0 aliphatic heterocycles. The van der Waals surface area contributed by atoms with Crippen LogP contribution < -0.4 is 5.73 Å². The van der Waals surface area contributed by atoms with E-state index in [1.807, 2.05) is 5.38 Å². The van der Waals surface area contributed by atoms with Gasteiger partial charge in [0.25, 0.3) is 0 Å². The van der Waals surface area contributed by atoms with Crippen molar-refractivity contribution in [3.63, 3.8) is 0 Å². The maximum Gasteiger partial charge on any atom is 0.104 e. The third-order valence-electron chi connectivity index (χ3n) is 2.03. The molecule has 3 nitrogen and oxygen atoms in total. The van der Waals surface area contributed by atoms with Crippen molar-refractivity contribution in [3.8, 4) is 0 Å². The molecular formula is C10H17NO2S. The van der Waals surface area contributed by atoms with Gasteiger partial charge in [0.15, 0.2) is 0 Å². The molecule has 1 unspecified atom stereocenters. The Balaban J connectivity index is 2.50. The van der Waals surface area contributed by atoms with Crippen LogP contribution in [0.5, 0.6) is 0 Å². The normalized spacial score (nSPS) is 13.1. The second kappa shape index (κ2) is 6.14. The van der Waals surface area contributed by atoms with Crippen LogP contribution in [0.15, 0.2) is 11.4 Å². The molecule has 0 spiro atoms. The van der Waals surface area contributed by atoms with Crippen LogP contribution in [0, 0.1) is 6.92 Å². The Kier molecular flexibility index (Phi) is 5.11. The third kappa shape index (κ3) is 3.06. The highest BCUT2D eigenvalue weighted by Gasteiger charge is 2.13. The zero-order chi connectivity index (χ0) is 10.4. The molecule has 1 aromatic rings. The Hall–Kier alpha value is -0.420. The molecule has 1 aromatic heterocycles. The van der Waals surface area contributed by atoms with Gasteiger partial charge in [-0.3, -0.25) is 0 Å². The van der Waals surface area contributed by atoms with Crippen molar-refractivity contribution in [1.82, 2.24) is 0 Å². The van der Waals surface area contributed by atoms with Crippen molar-refractivity contribution in [2.75, 3.05) is 19.8 Å². The number of hydrogen-bond donors (Lipinski definition) is 2. The van der Waals surface area contributed by atoms with E-state index in [-0.39, 0.29) is 12.7 Å². The molecule has 80 valence electrons. The summed E-state index contributed by atoms with van der Waals surface area (Å²) in [5, 5.41) is 10.7. The number of nitrogens with two attached hydrogens (primary N) is 1. The molecule has 0 saturated carbocycles. The van der Waals surface area contributed by atoms with Gasteiger partial charge in [-0.1, -0.05) is 0 Å². The van der Waals surface area contributed by atoms with Crippen molar-refractivity contribution in [2.24, 2.45) is 5.73 Å². The molecule has 1 heterocycles. The van der Waals surface area contributed by atoms with Crippen LogP contribution in [0.1, 0.15) is 23.0 Å². The lowest BCUT2D eigenvalue weighted by molar-refractivity contribution is 0.0507. The van der Waals surface area contributed by atoms with Crippen molar-refractivity contribution in [3.05, 3.63) is 21.9 Å². The van der Waals surface area contributed by atoms with Gasteiger partial charge >= 0.3 is 0 Å². The Labute approximate surface area is 88.5 Å². The number of aliphatic hydroxyl groups is 1. The highest BCUT2D eigenvalue weighted by molar-refractivity contribution is 7.10. The fraction of sp³-hybridized carbons (Fsp3) is 0.600. The van der Waals surface area contributed by atoms with Crippen LogP contribution in [-0.2, 0) is 4.74 Å². The van der Waals surface area contributed by atoms with E-state index < -0.39 is 0 Å². The van der Waals surface area contributed by atoms with Crippen molar-refractivity contribution in [1.29, 1.82) is 0 Å². The molecule has 0 aromatic carbocycles. The number of aryl methyl sites for hydroxylation is 1. The predicted octanol–water partition coefficient (Wildman–Crippen LogP) is 1.46. The first-order valence-electron chi connectivity index (χ1n) is 4.76. The number of thiophene rings is 1. The summed E-state index contributed by atoms with van der Waals surface area (Å²) in [5.41, 5.74) is 6.87. The third-order valence-corrected chi connectivity index (χ3v) is 3.14. The molecule has 1 atom stereocenters. The molecule has 0 fully saturated rings. The second-order valence-electron chi connectivity index (χ2n) is 3.14. The first-order valence-corrected chi connectivity index (χ1v) is 5.64. The summed E-state index contributed by atoms with van der Waals surface area (Å²) in [6.45, 7) is 3.28. The molecule has 0 amide bonds. The van der Waals surface area contributed by atoms with E-state index >= 15 is 0 Å². The average Bonchev–Trinajstić information content (AvgIpc) is 2.60. The minimum atomic E-state index is -0.0125. The number of ether oxygens (including phenoxy) is 1. The molecule has 0 radical (unpaired) electrons. The quantitative estimate of drug-likeness (QED) is 0.706. The highest BCUT2D eigenvalue weighted by atomic mass is 32.1. The highest BCUT2D eigenvalue weighted by Crippen LogP contribution is 2.25. The molecule has 0 aliphatic rings. The van der Waals surface area contributed by atoms with Gasteiger partial charge in [-0.15, -0.1) is 11.3 Å². The number of rotatable bonds is 6. The number of aliphatic hydroxyl groups excluding tert-OH is 1. The van der Waals surface area contributed by atoms with Gasteiger partial charge < -0.3 is 15.6 Å². The lowest BCUT2D eigenvalue weighted by Gasteiger charge is -2.15. The summed E-state index contributed by atoms with van der Waals surface area (Å²) in [6, 6.07) is 2.07. The van der Waals surface area contributed by atoms with E-state index in [1.165, 1.54) is 10.4 Å². The Morgan fingerprint density at radius 1 is 1.64 bits per heavy atom. The fourth-order valence-corrected chi connectivity index (χ4v) is 2.24. The monoisotopic (exact) mass is 215 g/mol. The van der Waals surface area contributed by atoms with Gasteiger partial charge in [0.05, 0.1) is 0 Å². The minimum absolute atomic E-state index is 0.0125. The number of hydrogen-bond acceptors (Lipinski definition) is 4. The predicted molar refractivity (Wildman–Crippen MR) is 58.5 cm³/mol. The second-order valence-corrected chi connectivity index (χ2v) is 4.09. The van der Waals surface area contributed by atoms with E-state index in [1.54, 1.807) is 11.3 Å². The van der Waals surface area contributed by atoms with E-state index in [4.69, 9.17) is 15.6 Å². The van der Waals surface area contributed by atoms with Gasteiger partial charge in [-0.2, -0.15) is 0 Å². The standard InChI is InChI=1S/C10H17NO2S/c1-8-3-6-14-10(8)9(7-11)13-5-2-4-12/h3,6,9,12H,2,4-5,7,11H2,1H3. The Morgan fingerprint density at radius 2 is 2.43 bits per heavy atom. The minimum Gasteiger partial charge on any atom is -0.396 e. The van der Waals surface area contributed by atoms with E-state index in [9.17, 15) is 0 Å². The van der Waals surface area contributed by atoms with Crippen LogP contribution in [0.2, 0.25) is 0 Å². The van der Waals surface area contributed by atoms with Crippen molar-refractivity contribution in [2.45, 2.75) is 19.4 Å². The summed E-state index contributed by atoms with van der Waals surface area (Å²) in [6.07, 6.45) is 0.655. The molecular weight excluding hydrogens is 198 g/mol. The van der Waals surface area contributed by atoms with Crippen LogP contribution in [0.3, 0.4) is 0 Å². The Bertz CT molecular complexity index is 262. The molecule has 1 rings (SSSR count). The largest absolute Gasteiger partial charge is 0.396 e. The molecule has 14 heavy (non-hydrogen) atoms. The van der Waals surface area contributed by atoms with Gasteiger partial charge in [0.1, 0.15) is 6.10 Å². The van der Waals surface area contributed by atoms with E-state index in [0.29, 0.717) is 19.6 Å². The molecule has 4 heteroatoms. The first kappa shape index (κ1) is 11.7. The summed E-state index contributed by atoms with van der Waals surface area (Å²) in [7, 11) is 0. The molecule has 0 aliphatic carbocycles. The molecule has 0 saturated heterocycles. The lowest BCUT2D eigenvalue weighted by atomic mass is 10.2. The van der Waals surface area contributed by atoms with Gasteiger partial charge in [0, 0.05) is 24.6 Å². The van der Waals surface area contributed by atoms with Crippen molar-refractivity contribution < 1.29 is 9.84 Å². The lowest BCUT2D eigenvalue weighted by Crippen LogP contribution is -2.16. The summed E-state index contributed by atoms with van der Waals surface area (Å²) < 4.78 is 5.58. The zero-order valence-electron chi connectivity index (χ0n) is 8.40. The summed E-state index contributed by atoms with van der Waals surface area (Å²) in [4.78, 5) is 1.20. The molecule has 0 bridgehead atoms. The van der Waals surface area contributed by atoms with Crippen LogP contribution in [0.25, 0.3) is 0 Å². The van der Waals surface area contributed by atoms with E-state index in [2.05, 4.69) is 13.0 Å². The zero-order valence-corrected chi connectivity index (χ0v) is 9.22. The van der Waals surface area contributed by atoms with E-state index in [0.717, 1.165) is 0 Å².